The second-order valence-electron chi connectivity index (χ2n) is 7.97. The fourth-order valence-corrected chi connectivity index (χ4v) is 4.98. The van der Waals surface area contributed by atoms with Crippen molar-refractivity contribution in [2.75, 3.05) is 56.6 Å². The fourth-order valence-electron chi connectivity index (χ4n) is 3.82. The molecule has 0 atom stereocenters. The first-order valence-corrected chi connectivity index (χ1v) is 12.0. The van der Waals surface area contributed by atoms with E-state index in [0.29, 0.717) is 34.1 Å². The Hall–Kier alpha value is -3.24. The van der Waals surface area contributed by atoms with E-state index in [1.54, 1.807) is 20.8 Å². The van der Waals surface area contributed by atoms with Crippen LogP contribution in [0.25, 0.3) is 0 Å². The Balaban J connectivity index is 1.62. The van der Waals surface area contributed by atoms with Crippen LogP contribution in [0.5, 0.6) is 0 Å². The molecule has 1 saturated heterocycles. The second kappa shape index (κ2) is 11.3. The van der Waals surface area contributed by atoms with Gasteiger partial charge in [0.15, 0.2) is 5.78 Å². The number of ether oxygens (including phenoxy) is 1. The van der Waals surface area contributed by atoms with Crippen molar-refractivity contribution in [3.63, 3.8) is 0 Å². The number of benzene rings is 1. The SMILES string of the molecule is CCOC(=O)c1c(NC(=O)CN2CCN(c3ccc(C(C)=O)cc3)CC2)sc(C(=O)NC)c1C. The van der Waals surface area contributed by atoms with Gasteiger partial charge in [-0.2, -0.15) is 0 Å². The lowest BCUT2D eigenvalue weighted by Crippen LogP contribution is -2.48. The molecular formula is C24H30N4O5S. The number of rotatable bonds is 8. The van der Waals surface area contributed by atoms with E-state index < -0.39 is 5.97 Å². The number of thiophene rings is 1. The summed E-state index contributed by atoms with van der Waals surface area (Å²) < 4.78 is 5.13. The number of hydrogen-bond donors (Lipinski definition) is 2. The number of nitrogens with one attached hydrogen (secondary N) is 2. The minimum Gasteiger partial charge on any atom is -0.462 e. The summed E-state index contributed by atoms with van der Waals surface area (Å²) in [6, 6.07) is 7.54. The Morgan fingerprint density at radius 2 is 1.71 bits per heavy atom. The molecule has 1 aromatic carbocycles. The number of anilines is 2. The van der Waals surface area contributed by atoms with Gasteiger partial charge in [-0.1, -0.05) is 0 Å². The van der Waals surface area contributed by atoms with Crippen molar-refractivity contribution in [3.05, 3.63) is 45.8 Å². The van der Waals surface area contributed by atoms with Crippen molar-refractivity contribution >= 4 is 45.6 Å². The molecule has 2 N–H and O–H groups in total. The van der Waals surface area contributed by atoms with Crippen LogP contribution in [0.4, 0.5) is 10.7 Å². The van der Waals surface area contributed by atoms with E-state index >= 15 is 0 Å². The molecule has 0 bridgehead atoms. The molecule has 0 spiro atoms. The Morgan fingerprint density at radius 1 is 1.06 bits per heavy atom. The number of nitrogens with zero attached hydrogens (tertiary/aromatic N) is 2. The third kappa shape index (κ3) is 5.81. The minimum atomic E-state index is -0.564. The standard InChI is InChI=1S/C24H30N4O5S/c1-5-33-24(32)20-15(2)21(22(31)25-4)34-23(20)26-19(30)14-27-10-12-28(13-11-27)18-8-6-17(7-9-18)16(3)29/h6-9H,5,10-14H2,1-4H3,(H,25,31)(H,26,30). The lowest BCUT2D eigenvalue weighted by molar-refractivity contribution is -0.117. The first kappa shape index (κ1) is 25.4. The molecule has 0 aliphatic carbocycles. The molecule has 3 rings (SSSR count). The molecule has 2 aromatic rings. The van der Waals surface area contributed by atoms with Crippen LogP contribution in [0, 0.1) is 6.92 Å². The summed E-state index contributed by atoms with van der Waals surface area (Å²) in [5.74, 6) is -1.10. The van der Waals surface area contributed by atoms with E-state index in [2.05, 4.69) is 15.5 Å². The monoisotopic (exact) mass is 486 g/mol. The van der Waals surface area contributed by atoms with Gasteiger partial charge in [0.2, 0.25) is 5.91 Å². The van der Waals surface area contributed by atoms with Gasteiger partial charge in [-0.05, 0) is 50.6 Å². The summed E-state index contributed by atoms with van der Waals surface area (Å²) in [6.45, 7) is 8.17. The van der Waals surface area contributed by atoms with Crippen molar-refractivity contribution in [1.82, 2.24) is 10.2 Å². The Bertz CT molecular complexity index is 1070. The molecule has 1 aromatic heterocycles. The van der Waals surface area contributed by atoms with E-state index in [0.717, 1.165) is 30.1 Å². The molecule has 0 saturated carbocycles. The maximum Gasteiger partial charge on any atom is 0.341 e. The van der Waals surface area contributed by atoms with E-state index in [4.69, 9.17) is 4.74 Å². The van der Waals surface area contributed by atoms with Crippen LogP contribution in [-0.2, 0) is 9.53 Å². The zero-order valence-corrected chi connectivity index (χ0v) is 20.7. The van der Waals surface area contributed by atoms with Crippen molar-refractivity contribution in [2.45, 2.75) is 20.8 Å². The van der Waals surface area contributed by atoms with Gasteiger partial charge < -0.3 is 20.3 Å². The highest BCUT2D eigenvalue weighted by atomic mass is 32.1. The molecule has 2 heterocycles. The van der Waals surface area contributed by atoms with Gasteiger partial charge in [0.05, 0.1) is 23.6 Å². The topological polar surface area (TPSA) is 108 Å². The Morgan fingerprint density at radius 3 is 2.26 bits per heavy atom. The number of esters is 1. The Kier molecular flexibility index (Phi) is 8.41. The summed E-state index contributed by atoms with van der Waals surface area (Å²) in [6.07, 6.45) is 0. The third-order valence-electron chi connectivity index (χ3n) is 5.69. The number of hydrogen-bond acceptors (Lipinski definition) is 8. The highest BCUT2D eigenvalue weighted by Crippen LogP contribution is 2.33. The lowest BCUT2D eigenvalue weighted by Gasteiger charge is -2.35. The summed E-state index contributed by atoms with van der Waals surface area (Å²) in [5, 5.41) is 5.69. The highest BCUT2D eigenvalue weighted by molar-refractivity contribution is 7.18. The van der Waals surface area contributed by atoms with Gasteiger partial charge in [0, 0.05) is 44.5 Å². The number of amides is 2. The highest BCUT2D eigenvalue weighted by Gasteiger charge is 2.27. The summed E-state index contributed by atoms with van der Waals surface area (Å²) in [7, 11) is 1.51. The summed E-state index contributed by atoms with van der Waals surface area (Å²) >= 11 is 1.07. The van der Waals surface area contributed by atoms with Crippen LogP contribution in [-0.4, -0.2) is 74.8 Å². The van der Waals surface area contributed by atoms with Gasteiger partial charge in [0.25, 0.3) is 5.91 Å². The molecule has 1 aliphatic heterocycles. The molecule has 9 nitrogen and oxygen atoms in total. The van der Waals surface area contributed by atoms with E-state index in [9.17, 15) is 19.2 Å². The average molecular weight is 487 g/mol. The minimum absolute atomic E-state index is 0.0388. The van der Waals surface area contributed by atoms with Crippen LogP contribution in [0.1, 0.15) is 49.8 Å². The first-order valence-electron chi connectivity index (χ1n) is 11.2. The zero-order valence-electron chi connectivity index (χ0n) is 19.9. The van der Waals surface area contributed by atoms with Crippen LogP contribution < -0.4 is 15.5 Å². The third-order valence-corrected chi connectivity index (χ3v) is 6.90. The van der Waals surface area contributed by atoms with Gasteiger partial charge in [-0.3, -0.25) is 19.3 Å². The predicted molar refractivity (Wildman–Crippen MR) is 132 cm³/mol. The number of piperazine rings is 1. The number of ketones is 1. The number of carbonyl (C=O) groups excluding carboxylic acids is 4. The molecule has 1 fully saturated rings. The molecule has 1 aliphatic rings. The zero-order chi connectivity index (χ0) is 24.8. The second-order valence-corrected chi connectivity index (χ2v) is 8.99. The molecule has 34 heavy (non-hydrogen) atoms. The molecule has 182 valence electrons. The molecule has 2 amide bonds. The van der Waals surface area contributed by atoms with Gasteiger partial charge in [0.1, 0.15) is 5.00 Å². The van der Waals surface area contributed by atoms with Crippen LogP contribution in [0.15, 0.2) is 24.3 Å². The first-order chi connectivity index (χ1) is 16.2. The van der Waals surface area contributed by atoms with Crippen molar-refractivity contribution < 1.29 is 23.9 Å². The van der Waals surface area contributed by atoms with Crippen LogP contribution in [0.2, 0.25) is 0 Å². The average Bonchev–Trinajstić information content (AvgIpc) is 3.14. The molecule has 0 unspecified atom stereocenters. The van der Waals surface area contributed by atoms with Crippen LogP contribution in [0.3, 0.4) is 0 Å². The molecule has 0 radical (unpaired) electrons. The molecular weight excluding hydrogens is 456 g/mol. The summed E-state index contributed by atoms with van der Waals surface area (Å²) in [4.78, 5) is 53.5. The van der Waals surface area contributed by atoms with Gasteiger partial charge in [-0.25, -0.2) is 4.79 Å². The van der Waals surface area contributed by atoms with E-state index in [1.807, 2.05) is 29.2 Å². The Labute approximate surface area is 203 Å². The maximum absolute atomic E-state index is 12.8. The summed E-state index contributed by atoms with van der Waals surface area (Å²) in [5.41, 5.74) is 2.44. The predicted octanol–water partition coefficient (Wildman–Crippen LogP) is 2.56. The largest absolute Gasteiger partial charge is 0.462 e. The van der Waals surface area contributed by atoms with E-state index in [-0.39, 0.29) is 36.3 Å². The van der Waals surface area contributed by atoms with Crippen molar-refractivity contribution in [1.29, 1.82) is 0 Å². The van der Waals surface area contributed by atoms with Crippen molar-refractivity contribution in [3.8, 4) is 0 Å². The number of Topliss-reactive ketones (excluding diaryl/α,β-unsaturated/α-hetero) is 1. The van der Waals surface area contributed by atoms with Gasteiger partial charge in [-0.15, -0.1) is 11.3 Å². The fraction of sp³-hybridized carbons (Fsp3) is 0.417. The van der Waals surface area contributed by atoms with Crippen LogP contribution >= 0.6 is 11.3 Å². The van der Waals surface area contributed by atoms with Gasteiger partial charge >= 0.3 is 5.97 Å². The quantitative estimate of drug-likeness (QED) is 0.436. The van der Waals surface area contributed by atoms with Crippen molar-refractivity contribution in [2.24, 2.45) is 0 Å². The normalized spacial score (nSPS) is 13.9. The maximum atomic E-state index is 12.8. The van der Waals surface area contributed by atoms with E-state index in [1.165, 1.54) is 7.05 Å². The lowest BCUT2D eigenvalue weighted by atomic mass is 10.1. The molecule has 10 heteroatoms. The smallest absolute Gasteiger partial charge is 0.341 e. The number of carbonyl (C=O) groups is 4.